The van der Waals surface area contributed by atoms with Gasteiger partial charge in [-0.15, -0.1) is 0 Å². The maximum atomic E-state index is 5.36. The minimum absolute atomic E-state index is 0.647. The predicted molar refractivity (Wildman–Crippen MR) is 288 cm³/mol. The first kappa shape index (κ1) is 41.2. The van der Waals surface area contributed by atoms with Crippen LogP contribution in [0.4, 0.5) is 0 Å². The zero-order chi connectivity index (χ0) is 46.4. The van der Waals surface area contributed by atoms with Crippen LogP contribution >= 0.6 is 0 Å². The average molecular weight is 895 g/mol. The molecule has 13 rings (SSSR count). The molecule has 0 spiro atoms. The normalized spacial score (nSPS) is 11.8. The molecule has 0 radical (unpaired) electrons. The van der Waals surface area contributed by atoms with E-state index in [-0.39, 0.29) is 0 Å². The Morgan fingerprint density at radius 3 is 1.54 bits per heavy atom. The van der Waals surface area contributed by atoms with E-state index >= 15 is 0 Å². The quantitative estimate of drug-likeness (QED) is 0.137. The highest BCUT2D eigenvalue weighted by atomic mass is 15.0. The van der Waals surface area contributed by atoms with E-state index < -0.39 is 0 Å². The highest BCUT2D eigenvalue weighted by molar-refractivity contribution is 6.11. The molecule has 4 nitrogen and oxygen atoms in total. The number of rotatable bonds is 10. The third-order valence-electron chi connectivity index (χ3n) is 14.0. The molecule has 330 valence electrons. The molecule has 0 N–H and O–H groups in total. The van der Waals surface area contributed by atoms with E-state index in [0.717, 1.165) is 34.4 Å². The monoisotopic (exact) mass is 894 g/mol. The number of benzene rings is 10. The molecular weight excluding hydrogens is 849 g/mol. The van der Waals surface area contributed by atoms with Gasteiger partial charge < -0.3 is 4.57 Å². The SMILES string of the molecule is c1ccc(-c2nc(-c3ccccc3)nc(-c3cc(Cc4c(-c5ccccc5)cccc4-c4ccccc4)ccc3Cc3cccc4c3-c3cc5c(cc3C4)c3ccccc3n5-c3ccccc3)n2)cc1. The van der Waals surface area contributed by atoms with Crippen molar-refractivity contribution in [1.82, 2.24) is 19.5 Å². The fraction of sp³-hybridized carbons (Fsp3) is 0.0455. The van der Waals surface area contributed by atoms with Crippen molar-refractivity contribution in [2.75, 3.05) is 0 Å². The molecule has 2 aromatic heterocycles. The van der Waals surface area contributed by atoms with E-state index in [1.807, 2.05) is 36.4 Å². The first-order valence-corrected chi connectivity index (χ1v) is 24.1. The average Bonchev–Trinajstić information content (AvgIpc) is 3.97. The van der Waals surface area contributed by atoms with E-state index in [1.165, 1.54) is 83.0 Å². The van der Waals surface area contributed by atoms with Gasteiger partial charge in [0.1, 0.15) is 0 Å². The van der Waals surface area contributed by atoms with Crippen molar-refractivity contribution in [2.24, 2.45) is 0 Å². The topological polar surface area (TPSA) is 43.6 Å². The fourth-order valence-corrected chi connectivity index (χ4v) is 10.8. The molecule has 12 aromatic rings. The minimum atomic E-state index is 0.647. The zero-order valence-electron chi connectivity index (χ0n) is 38.5. The molecule has 70 heavy (non-hydrogen) atoms. The molecule has 0 aliphatic heterocycles. The minimum Gasteiger partial charge on any atom is -0.309 e. The molecule has 0 fully saturated rings. The molecule has 1 aliphatic carbocycles. The Morgan fingerprint density at radius 2 is 0.900 bits per heavy atom. The van der Waals surface area contributed by atoms with Crippen LogP contribution in [0.15, 0.2) is 243 Å². The van der Waals surface area contributed by atoms with Gasteiger partial charge in [0.15, 0.2) is 17.5 Å². The summed E-state index contributed by atoms with van der Waals surface area (Å²) in [4.78, 5) is 15.8. The summed E-state index contributed by atoms with van der Waals surface area (Å²) in [5.74, 6) is 1.95. The highest BCUT2D eigenvalue weighted by Crippen LogP contribution is 2.45. The number of hydrogen-bond donors (Lipinski definition) is 0. The Hall–Kier alpha value is -8.99. The standard InChI is InChI=1S/C66H46N4/c1-6-20-45(21-7-1)54-33-19-34-55(46-22-8-2-9-23-46)59(54)39-44-36-37-49(58(38-44)66-68-64(47-24-10-3-11-25-47)67-65(69-66)48-26-12-4-13-27-48)40-50-28-18-29-51-41-52-42-60-56-32-16-17-35-61(56)70(53-30-14-5-15-31-53)62(60)43-57(52)63(50)51/h1-38,42-43H,39-41H2. The van der Waals surface area contributed by atoms with E-state index in [1.54, 1.807) is 0 Å². The highest BCUT2D eigenvalue weighted by Gasteiger charge is 2.26. The summed E-state index contributed by atoms with van der Waals surface area (Å²) in [5, 5.41) is 2.56. The van der Waals surface area contributed by atoms with Crippen LogP contribution < -0.4 is 0 Å². The van der Waals surface area contributed by atoms with Gasteiger partial charge >= 0.3 is 0 Å². The third kappa shape index (κ3) is 7.47. The molecule has 0 bridgehead atoms. The van der Waals surface area contributed by atoms with Gasteiger partial charge in [-0.2, -0.15) is 0 Å². The Kier molecular flexibility index (Phi) is 10.4. The van der Waals surface area contributed by atoms with Crippen molar-refractivity contribution in [2.45, 2.75) is 19.3 Å². The first-order chi connectivity index (χ1) is 34.7. The van der Waals surface area contributed by atoms with Crippen LogP contribution in [0.2, 0.25) is 0 Å². The van der Waals surface area contributed by atoms with Crippen LogP contribution in [-0.2, 0) is 19.3 Å². The predicted octanol–water partition coefficient (Wildman–Crippen LogP) is 16.1. The van der Waals surface area contributed by atoms with Crippen LogP contribution in [0, 0.1) is 0 Å². The van der Waals surface area contributed by atoms with Gasteiger partial charge in [-0.3, -0.25) is 0 Å². The summed E-state index contributed by atoms with van der Waals surface area (Å²) in [5.41, 5.74) is 21.6. The molecule has 2 heterocycles. The van der Waals surface area contributed by atoms with Gasteiger partial charge in [-0.05, 0) is 122 Å². The molecule has 0 atom stereocenters. The van der Waals surface area contributed by atoms with E-state index in [0.29, 0.717) is 30.3 Å². The Labute approximate surface area is 407 Å². The Morgan fingerprint density at radius 1 is 0.343 bits per heavy atom. The third-order valence-corrected chi connectivity index (χ3v) is 14.0. The molecule has 10 aromatic carbocycles. The lowest BCUT2D eigenvalue weighted by molar-refractivity contribution is 1.06. The second-order valence-electron chi connectivity index (χ2n) is 18.3. The summed E-state index contributed by atoms with van der Waals surface area (Å²) < 4.78 is 2.43. The van der Waals surface area contributed by atoms with Gasteiger partial charge in [0.05, 0.1) is 11.0 Å². The molecule has 0 amide bonds. The molecular formula is C66H46N4. The molecule has 0 saturated heterocycles. The van der Waals surface area contributed by atoms with Crippen molar-refractivity contribution in [3.63, 3.8) is 0 Å². The van der Waals surface area contributed by atoms with Crippen LogP contribution in [0.3, 0.4) is 0 Å². The van der Waals surface area contributed by atoms with Crippen LogP contribution in [0.1, 0.15) is 33.4 Å². The van der Waals surface area contributed by atoms with Crippen molar-refractivity contribution in [3.8, 4) is 73.2 Å². The van der Waals surface area contributed by atoms with E-state index in [9.17, 15) is 0 Å². The Balaban J connectivity index is 0.995. The van der Waals surface area contributed by atoms with E-state index in [4.69, 9.17) is 15.0 Å². The lowest BCUT2D eigenvalue weighted by atomic mass is 9.86. The van der Waals surface area contributed by atoms with Gasteiger partial charge in [0.25, 0.3) is 0 Å². The van der Waals surface area contributed by atoms with Crippen molar-refractivity contribution >= 4 is 21.8 Å². The number of hydrogen-bond acceptors (Lipinski definition) is 3. The molecule has 0 unspecified atom stereocenters. The molecule has 1 aliphatic rings. The van der Waals surface area contributed by atoms with Crippen molar-refractivity contribution < 1.29 is 0 Å². The molecule has 4 heteroatoms. The van der Waals surface area contributed by atoms with Crippen molar-refractivity contribution in [3.05, 3.63) is 276 Å². The van der Waals surface area contributed by atoms with E-state index in [2.05, 4.69) is 211 Å². The largest absolute Gasteiger partial charge is 0.309 e. The summed E-state index contributed by atoms with van der Waals surface area (Å²) in [7, 11) is 0. The number of aromatic nitrogens is 4. The van der Waals surface area contributed by atoms with Gasteiger partial charge in [0.2, 0.25) is 0 Å². The van der Waals surface area contributed by atoms with Gasteiger partial charge in [0, 0.05) is 33.2 Å². The molecule has 0 saturated carbocycles. The number of nitrogens with zero attached hydrogens (tertiary/aromatic N) is 4. The van der Waals surface area contributed by atoms with Gasteiger partial charge in [-0.1, -0.05) is 206 Å². The first-order valence-electron chi connectivity index (χ1n) is 24.1. The van der Waals surface area contributed by atoms with Crippen LogP contribution in [0.5, 0.6) is 0 Å². The zero-order valence-corrected chi connectivity index (χ0v) is 38.5. The fourth-order valence-electron chi connectivity index (χ4n) is 10.8. The summed E-state index contributed by atoms with van der Waals surface area (Å²) in [6, 6.07) is 87.2. The smallest absolute Gasteiger partial charge is 0.164 e. The van der Waals surface area contributed by atoms with Crippen LogP contribution in [0.25, 0.3) is 95.0 Å². The summed E-state index contributed by atoms with van der Waals surface area (Å²) >= 11 is 0. The van der Waals surface area contributed by atoms with Crippen molar-refractivity contribution in [1.29, 1.82) is 0 Å². The van der Waals surface area contributed by atoms with Crippen LogP contribution in [-0.4, -0.2) is 19.5 Å². The maximum Gasteiger partial charge on any atom is 0.164 e. The number of fused-ring (bicyclic) bond motifs is 6. The van der Waals surface area contributed by atoms with Gasteiger partial charge in [-0.25, -0.2) is 15.0 Å². The maximum absolute atomic E-state index is 5.36. The summed E-state index contributed by atoms with van der Waals surface area (Å²) in [6.07, 6.45) is 2.30. The second-order valence-corrected chi connectivity index (χ2v) is 18.3. The summed E-state index contributed by atoms with van der Waals surface area (Å²) in [6.45, 7) is 0. The lowest BCUT2D eigenvalue weighted by Gasteiger charge is -2.18. The Bertz CT molecular complexity index is 3770. The number of para-hydroxylation sites is 2. The second kappa shape index (κ2) is 17.6. The lowest BCUT2D eigenvalue weighted by Crippen LogP contribution is -2.04.